The molecule has 0 saturated carbocycles. The molecule has 0 fully saturated rings. The molecule has 0 spiro atoms. The van der Waals surface area contributed by atoms with Crippen LogP contribution in [0.3, 0.4) is 0 Å². The molecule has 0 aromatic carbocycles. The van der Waals surface area contributed by atoms with Crippen LogP contribution in [0.15, 0.2) is 18.6 Å². The van der Waals surface area contributed by atoms with Crippen LogP contribution in [0.25, 0.3) is 0 Å². The highest BCUT2D eigenvalue weighted by Crippen LogP contribution is 2.00. The zero-order valence-corrected chi connectivity index (χ0v) is 6.51. The summed E-state index contributed by atoms with van der Waals surface area (Å²) in [7, 11) is 0. The largest absolute Gasteiger partial charge is 0.323 e. The van der Waals surface area contributed by atoms with E-state index in [2.05, 4.69) is 9.97 Å². The lowest BCUT2D eigenvalue weighted by Crippen LogP contribution is -2.06. The van der Waals surface area contributed by atoms with Crippen molar-refractivity contribution in [1.29, 1.82) is 0 Å². The first-order valence-electron chi connectivity index (χ1n) is 2.82. The maximum Gasteiger partial charge on any atom is 0.115 e. The molecule has 0 aliphatic heterocycles. The molecule has 1 unspecified atom stereocenters. The summed E-state index contributed by atoms with van der Waals surface area (Å²) in [6, 6.07) is 1.82. The van der Waals surface area contributed by atoms with E-state index >= 15 is 0 Å². The summed E-state index contributed by atoms with van der Waals surface area (Å²) in [6.07, 6.45) is 3.18. The number of nitrogens with zero attached hydrogens (tertiary/aromatic N) is 2. The molecule has 1 heterocycles. The zero-order valence-electron chi connectivity index (χ0n) is 5.69. The molecular weight excluding hydrogens is 150 g/mol. The van der Waals surface area contributed by atoms with Gasteiger partial charge in [-0.1, -0.05) is 0 Å². The van der Waals surface area contributed by atoms with E-state index in [9.17, 15) is 0 Å². The molecule has 1 atom stereocenters. The van der Waals surface area contributed by atoms with E-state index in [1.807, 2.05) is 13.0 Å². The predicted molar refractivity (Wildman–Crippen MR) is 41.9 cm³/mol. The molecule has 0 aliphatic carbocycles. The molecule has 2 N–H and O–H groups in total. The summed E-state index contributed by atoms with van der Waals surface area (Å²) in [5, 5.41) is 0. The standard InChI is InChI=1S/C6H9N3.ClH/c1-5(7)6-2-3-8-4-9-6;/h2-5H,7H2,1H3;1H. The Morgan fingerprint density at radius 1 is 1.60 bits per heavy atom. The van der Waals surface area contributed by atoms with E-state index in [-0.39, 0.29) is 18.4 Å². The van der Waals surface area contributed by atoms with Gasteiger partial charge in [-0.3, -0.25) is 0 Å². The van der Waals surface area contributed by atoms with Crippen LogP contribution in [0, 0.1) is 0 Å². The van der Waals surface area contributed by atoms with E-state index in [4.69, 9.17) is 5.73 Å². The minimum absolute atomic E-state index is 0. The summed E-state index contributed by atoms with van der Waals surface area (Å²) in [5.41, 5.74) is 6.40. The maximum absolute atomic E-state index is 5.52. The fourth-order valence-electron chi connectivity index (χ4n) is 0.570. The average molecular weight is 160 g/mol. The van der Waals surface area contributed by atoms with Gasteiger partial charge >= 0.3 is 0 Å². The minimum Gasteiger partial charge on any atom is -0.323 e. The van der Waals surface area contributed by atoms with Crippen molar-refractivity contribution in [2.45, 2.75) is 13.0 Å². The quantitative estimate of drug-likeness (QED) is 0.663. The molecule has 0 aliphatic rings. The molecule has 0 saturated heterocycles. The summed E-state index contributed by atoms with van der Waals surface area (Å²) < 4.78 is 0. The number of hydrogen-bond acceptors (Lipinski definition) is 3. The molecule has 4 heteroatoms. The molecule has 1 rings (SSSR count). The third-order valence-corrected chi connectivity index (χ3v) is 1.07. The van der Waals surface area contributed by atoms with E-state index in [1.165, 1.54) is 6.33 Å². The van der Waals surface area contributed by atoms with Crippen molar-refractivity contribution in [3.63, 3.8) is 0 Å². The molecule has 56 valence electrons. The fraction of sp³-hybridized carbons (Fsp3) is 0.333. The van der Waals surface area contributed by atoms with Crippen molar-refractivity contribution in [1.82, 2.24) is 9.97 Å². The molecule has 0 amide bonds. The Morgan fingerprint density at radius 3 is 2.60 bits per heavy atom. The van der Waals surface area contributed by atoms with Crippen LogP contribution in [0.5, 0.6) is 0 Å². The molecular formula is C6H10ClN3. The van der Waals surface area contributed by atoms with E-state index in [0.717, 1.165) is 5.69 Å². The summed E-state index contributed by atoms with van der Waals surface area (Å²) >= 11 is 0. The monoisotopic (exact) mass is 159 g/mol. The van der Waals surface area contributed by atoms with Crippen LogP contribution in [0.2, 0.25) is 0 Å². The number of aromatic nitrogens is 2. The Bertz CT molecular complexity index is 176. The van der Waals surface area contributed by atoms with E-state index in [1.54, 1.807) is 6.20 Å². The molecule has 0 bridgehead atoms. The van der Waals surface area contributed by atoms with Gasteiger partial charge in [0, 0.05) is 12.2 Å². The van der Waals surface area contributed by atoms with Crippen molar-refractivity contribution in [2.75, 3.05) is 0 Å². The molecule has 0 radical (unpaired) electrons. The van der Waals surface area contributed by atoms with Crippen molar-refractivity contribution in [3.8, 4) is 0 Å². The lowest BCUT2D eigenvalue weighted by Gasteiger charge is -2.00. The van der Waals surface area contributed by atoms with Gasteiger partial charge in [0.05, 0.1) is 5.69 Å². The highest BCUT2D eigenvalue weighted by molar-refractivity contribution is 5.85. The van der Waals surface area contributed by atoms with Gasteiger partial charge in [-0.05, 0) is 13.0 Å². The Morgan fingerprint density at radius 2 is 2.30 bits per heavy atom. The Balaban J connectivity index is 0.000000810. The molecule has 3 nitrogen and oxygen atoms in total. The summed E-state index contributed by atoms with van der Waals surface area (Å²) in [5.74, 6) is 0. The molecule has 10 heavy (non-hydrogen) atoms. The van der Waals surface area contributed by atoms with Crippen molar-refractivity contribution in [2.24, 2.45) is 5.73 Å². The van der Waals surface area contributed by atoms with Gasteiger partial charge in [-0.2, -0.15) is 0 Å². The van der Waals surface area contributed by atoms with Gasteiger partial charge < -0.3 is 5.73 Å². The third kappa shape index (κ3) is 2.29. The van der Waals surface area contributed by atoms with Crippen molar-refractivity contribution >= 4 is 12.4 Å². The van der Waals surface area contributed by atoms with Crippen LogP contribution >= 0.6 is 12.4 Å². The lowest BCUT2D eigenvalue weighted by molar-refractivity contribution is 0.774. The van der Waals surface area contributed by atoms with Gasteiger partial charge in [-0.25, -0.2) is 9.97 Å². The van der Waals surface area contributed by atoms with Gasteiger partial charge in [-0.15, -0.1) is 12.4 Å². The van der Waals surface area contributed by atoms with Crippen molar-refractivity contribution < 1.29 is 0 Å². The maximum atomic E-state index is 5.52. The van der Waals surface area contributed by atoms with Crippen LogP contribution in [-0.4, -0.2) is 9.97 Å². The Labute approximate surface area is 66.1 Å². The smallest absolute Gasteiger partial charge is 0.115 e. The highest BCUT2D eigenvalue weighted by atomic mass is 35.5. The summed E-state index contributed by atoms with van der Waals surface area (Å²) in [4.78, 5) is 7.70. The average Bonchev–Trinajstić information content (AvgIpc) is 1.90. The number of rotatable bonds is 1. The second-order valence-electron chi connectivity index (χ2n) is 1.92. The van der Waals surface area contributed by atoms with Crippen LogP contribution in [0.4, 0.5) is 0 Å². The van der Waals surface area contributed by atoms with Gasteiger partial charge in [0.25, 0.3) is 0 Å². The first-order valence-corrected chi connectivity index (χ1v) is 2.82. The lowest BCUT2D eigenvalue weighted by atomic mass is 10.2. The second kappa shape index (κ2) is 4.19. The number of halogens is 1. The van der Waals surface area contributed by atoms with Gasteiger partial charge in [0.2, 0.25) is 0 Å². The van der Waals surface area contributed by atoms with Gasteiger partial charge in [0.15, 0.2) is 0 Å². The van der Waals surface area contributed by atoms with Crippen molar-refractivity contribution in [3.05, 3.63) is 24.3 Å². The van der Waals surface area contributed by atoms with Crippen LogP contribution < -0.4 is 5.73 Å². The Hall–Kier alpha value is -0.670. The van der Waals surface area contributed by atoms with E-state index < -0.39 is 0 Å². The zero-order chi connectivity index (χ0) is 6.69. The molecule has 1 aromatic heterocycles. The second-order valence-corrected chi connectivity index (χ2v) is 1.92. The minimum atomic E-state index is 0. The number of hydrogen-bond donors (Lipinski definition) is 1. The van der Waals surface area contributed by atoms with E-state index in [0.29, 0.717) is 0 Å². The highest BCUT2D eigenvalue weighted by Gasteiger charge is 1.96. The van der Waals surface area contributed by atoms with Crippen LogP contribution in [0.1, 0.15) is 18.7 Å². The predicted octanol–water partition coefficient (Wildman–Crippen LogP) is 0.918. The van der Waals surface area contributed by atoms with Crippen LogP contribution in [-0.2, 0) is 0 Å². The number of nitrogens with two attached hydrogens (primary N) is 1. The fourth-order valence-corrected chi connectivity index (χ4v) is 0.570. The SMILES string of the molecule is CC(N)c1ccncn1.Cl. The first-order chi connectivity index (χ1) is 4.30. The topological polar surface area (TPSA) is 51.8 Å². The third-order valence-electron chi connectivity index (χ3n) is 1.07. The molecule has 1 aromatic rings. The summed E-state index contributed by atoms with van der Waals surface area (Å²) in [6.45, 7) is 1.89. The first kappa shape index (κ1) is 9.33. The van der Waals surface area contributed by atoms with Gasteiger partial charge in [0.1, 0.15) is 6.33 Å². The Kier molecular flexibility index (Phi) is 3.91. The normalized spacial score (nSPS) is 11.8.